The van der Waals surface area contributed by atoms with Crippen LogP contribution in [0.15, 0.2) is 73.1 Å². The van der Waals surface area contributed by atoms with Gasteiger partial charge in [0.1, 0.15) is 11.3 Å². The fraction of sp³-hybridized carbons (Fsp3) is 0.0500. The highest BCUT2D eigenvalue weighted by Crippen LogP contribution is 2.23. The number of rotatable bonds is 4. The quantitative estimate of drug-likeness (QED) is 0.613. The monoisotopic (exact) mass is 344 g/mol. The Labute approximate surface area is 150 Å². The number of para-hydroxylation sites is 1. The van der Waals surface area contributed by atoms with Gasteiger partial charge in [-0.15, -0.1) is 0 Å². The summed E-state index contributed by atoms with van der Waals surface area (Å²) in [6.45, 7) is 0. The molecule has 0 saturated heterocycles. The van der Waals surface area contributed by atoms with E-state index in [-0.39, 0.29) is 5.91 Å². The highest BCUT2D eigenvalue weighted by atomic mass is 16.5. The van der Waals surface area contributed by atoms with Gasteiger partial charge in [0, 0.05) is 17.4 Å². The average Bonchev–Trinajstić information content (AvgIpc) is 3.13. The number of nitrogens with zero attached hydrogens (tertiary/aromatic N) is 3. The van der Waals surface area contributed by atoms with Gasteiger partial charge in [-0.1, -0.05) is 18.2 Å². The van der Waals surface area contributed by atoms with Gasteiger partial charge >= 0.3 is 0 Å². The normalized spacial score (nSPS) is 10.7. The molecule has 1 N–H and O–H groups in total. The highest BCUT2D eigenvalue weighted by Gasteiger charge is 2.16. The summed E-state index contributed by atoms with van der Waals surface area (Å²) in [5.41, 5.74) is 3.45. The zero-order valence-electron chi connectivity index (χ0n) is 14.1. The molecule has 0 aliphatic carbocycles. The van der Waals surface area contributed by atoms with E-state index >= 15 is 0 Å². The number of nitrogens with one attached hydrogen (secondary N) is 1. The van der Waals surface area contributed by atoms with Gasteiger partial charge in [-0.2, -0.15) is 5.10 Å². The third-order valence-corrected chi connectivity index (χ3v) is 4.06. The lowest BCUT2D eigenvalue weighted by Gasteiger charge is -2.07. The minimum Gasteiger partial charge on any atom is -0.497 e. The molecule has 2 aromatic carbocycles. The molecule has 0 spiro atoms. The number of fused-ring (bicyclic) bond motifs is 1. The first kappa shape index (κ1) is 15.8. The predicted molar refractivity (Wildman–Crippen MR) is 99.4 cm³/mol. The second kappa shape index (κ2) is 6.68. The number of amides is 1. The number of hydrogen-bond donors (Lipinski definition) is 1. The summed E-state index contributed by atoms with van der Waals surface area (Å²) in [6.07, 6.45) is 3.21. The lowest BCUT2D eigenvalue weighted by atomic mass is 10.1. The van der Waals surface area contributed by atoms with Crippen LogP contribution in [-0.2, 0) is 0 Å². The third kappa shape index (κ3) is 2.88. The number of hydrogen-bond acceptors (Lipinski definition) is 4. The molecule has 0 fully saturated rings. The molecule has 2 aromatic heterocycles. The van der Waals surface area contributed by atoms with Crippen molar-refractivity contribution in [1.29, 1.82) is 0 Å². The molecule has 6 nitrogen and oxygen atoms in total. The molecular formula is C20H16N4O2. The van der Waals surface area contributed by atoms with Crippen LogP contribution in [0.2, 0.25) is 0 Å². The van der Waals surface area contributed by atoms with Crippen LogP contribution in [0.1, 0.15) is 10.4 Å². The molecule has 0 aliphatic rings. The van der Waals surface area contributed by atoms with Gasteiger partial charge in [0.15, 0.2) is 5.65 Å². The summed E-state index contributed by atoms with van der Waals surface area (Å²) < 4.78 is 6.87. The maximum atomic E-state index is 12.6. The van der Waals surface area contributed by atoms with E-state index in [1.807, 2.05) is 60.7 Å². The Morgan fingerprint density at radius 2 is 1.81 bits per heavy atom. The van der Waals surface area contributed by atoms with Crippen molar-refractivity contribution in [1.82, 2.24) is 14.6 Å². The van der Waals surface area contributed by atoms with E-state index in [0.29, 0.717) is 11.2 Å². The van der Waals surface area contributed by atoms with Gasteiger partial charge in [0.05, 0.1) is 19.0 Å². The lowest BCUT2D eigenvalue weighted by Crippen LogP contribution is -2.12. The van der Waals surface area contributed by atoms with Crippen molar-refractivity contribution in [2.24, 2.45) is 0 Å². The summed E-state index contributed by atoms with van der Waals surface area (Å²) in [4.78, 5) is 16.9. The molecule has 0 aliphatic heterocycles. The van der Waals surface area contributed by atoms with Crippen LogP contribution in [0.3, 0.4) is 0 Å². The van der Waals surface area contributed by atoms with E-state index in [1.165, 1.54) is 6.20 Å². The average molecular weight is 344 g/mol. The predicted octanol–water partition coefficient (Wildman–Crippen LogP) is 3.66. The molecule has 0 unspecified atom stereocenters. The highest BCUT2D eigenvalue weighted by molar-refractivity contribution is 6.08. The molecule has 4 aromatic rings. The van der Waals surface area contributed by atoms with Crippen molar-refractivity contribution in [3.63, 3.8) is 0 Å². The van der Waals surface area contributed by atoms with Gasteiger partial charge in [0.2, 0.25) is 0 Å². The van der Waals surface area contributed by atoms with Crippen LogP contribution in [0.25, 0.3) is 16.9 Å². The zero-order chi connectivity index (χ0) is 17.9. The van der Waals surface area contributed by atoms with E-state index in [2.05, 4.69) is 15.4 Å². The number of aromatic nitrogens is 3. The lowest BCUT2D eigenvalue weighted by molar-refractivity contribution is 0.102. The first-order valence-electron chi connectivity index (χ1n) is 8.10. The standard InChI is InChI=1S/C20H16N4O2/c1-26-16-9-7-14(8-10-16)18-11-12-21-19-17(13-22-24(18)19)20(25)23-15-5-3-2-4-6-15/h2-13H,1H3,(H,23,25). The van der Waals surface area contributed by atoms with Crippen LogP contribution < -0.4 is 10.1 Å². The molecule has 4 rings (SSSR count). The van der Waals surface area contributed by atoms with E-state index in [9.17, 15) is 4.79 Å². The largest absolute Gasteiger partial charge is 0.497 e. The van der Waals surface area contributed by atoms with Crippen LogP contribution >= 0.6 is 0 Å². The van der Waals surface area contributed by atoms with Gasteiger partial charge in [0.25, 0.3) is 5.91 Å². The van der Waals surface area contributed by atoms with Gasteiger partial charge in [-0.05, 0) is 42.5 Å². The summed E-state index contributed by atoms with van der Waals surface area (Å²) >= 11 is 0. The van der Waals surface area contributed by atoms with Gasteiger partial charge in [-0.3, -0.25) is 4.79 Å². The van der Waals surface area contributed by atoms with Gasteiger partial charge < -0.3 is 10.1 Å². The Morgan fingerprint density at radius 3 is 2.54 bits per heavy atom. The number of carbonyl (C=O) groups is 1. The number of ether oxygens (including phenoxy) is 1. The molecule has 26 heavy (non-hydrogen) atoms. The second-order valence-corrected chi connectivity index (χ2v) is 5.67. The molecule has 6 heteroatoms. The summed E-state index contributed by atoms with van der Waals surface area (Å²) in [6, 6.07) is 18.8. The molecule has 0 saturated carbocycles. The summed E-state index contributed by atoms with van der Waals surface area (Å²) in [5, 5.41) is 7.22. The van der Waals surface area contributed by atoms with Crippen molar-refractivity contribution in [3.8, 4) is 17.0 Å². The van der Waals surface area contributed by atoms with Crippen LogP contribution in [0.4, 0.5) is 5.69 Å². The zero-order valence-corrected chi connectivity index (χ0v) is 14.1. The smallest absolute Gasteiger partial charge is 0.261 e. The number of carbonyl (C=O) groups excluding carboxylic acids is 1. The Bertz CT molecular complexity index is 1060. The topological polar surface area (TPSA) is 68.5 Å². The van der Waals surface area contributed by atoms with Crippen molar-refractivity contribution in [3.05, 3.63) is 78.6 Å². The molecule has 2 heterocycles. The van der Waals surface area contributed by atoms with Crippen molar-refractivity contribution in [2.45, 2.75) is 0 Å². The van der Waals surface area contributed by atoms with Crippen LogP contribution in [0, 0.1) is 0 Å². The Balaban J connectivity index is 1.71. The van der Waals surface area contributed by atoms with Crippen LogP contribution in [0.5, 0.6) is 5.75 Å². The Hall–Kier alpha value is -3.67. The van der Waals surface area contributed by atoms with Crippen molar-refractivity contribution in [2.75, 3.05) is 12.4 Å². The first-order chi connectivity index (χ1) is 12.8. The Morgan fingerprint density at radius 1 is 1.04 bits per heavy atom. The summed E-state index contributed by atoms with van der Waals surface area (Å²) in [7, 11) is 1.63. The fourth-order valence-corrected chi connectivity index (χ4v) is 2.75. The Kier molecular flexibility index (Phi) is 4.07. The molecule has 0 radical (unpaired) electrons. The molecule has 1 amide bonds. The molecule has 0 bridgehead atoms. The minimum absolute atomic E-state index is 0.245. The minimum atomic E-state index is -0.245. The number of benzene rings is 2. The van der Waals surface area contributed by atoms with Crippen molar-refractivity contribution < 1.29 is 9.53 Å². The second-order valence-electron chi connectivity index (χ2n) is 5.67. The maximum absolute atomic E-state index is 12.6. The molecular weight excluding hydrogens is 328 g/mol. The number of anilines is 1. The van der Waals surface area contributed by atoms with Crippen LogP contribution in [-0.4, -0.2) is 27.6 Å². The molecule has 128 valence electrons. The van der Waals surface area contributed by atoms with E-state index in [4.69, 9.17) is 4.74 Å². The van der Waals surface area contributed by atoms with Crippen molar-refractivity contribution >= 4 is 17.2 Å². The SMILES string of the molecule is COc1ccc(-c2ccnc3c(C(=O)Nc4ccccc4)cnn23)cc1. The fourth-order valence-electron chi connectivity index (χ4n) is 2.75. The van der Waals surface area contributed by atoms with E-state index in [0.717, 1.165) is 22.7 Å². The van der Waals surface area contributed by atoms with E-state index in [1.54, 1.807) is 17.8 Å². The number of methoxy groups -OCH3 is 1. The van der Waals surface area contributed by atoms with Gasteiger partial charge in [-0.25, -0.2) is 9.50 Å². The third-order valence-electron chi connectivity index (χ3n) is 4.06. The maximum Gasteiger partial charge on any atom is 0.261 e. The molecule has 0 atom stereocenters. The van der Waals surface area contributed by atoms with E-state index < -0.39 is 0 Å². The summed E-state index contributed by atoms with van der Waals surface area (Å²) in [5.74, 6) is 0.535. The first-order valence-corrected chi connectivity index (χ1v) is 8.10.